The van der Waals surface area contributed by atoms with Crippen molar-refractivity contribution in [1.29, 1.82) is 0 Å². The van der Waals surface area contributed by atoms with Crippen LogP contribution < -0.4 is 5.73 Å². The summed E-state index contributed by atoms with van der Waals surface area (Å²) in [5.41, 5.74) is 11.7. The van der Waals surface area contributed by atoms with E-state index < -0.39 is 0 Å². The Hall–Kier alpha value is -2.13. The molecule has 3 aromatic rings. The van der Waals surface area contributed by atoms with Crippen LogP contribution in [0.5, 0.6) is 0 Å². The molecule has 2 aromatic heterocycles. The molecule has 1 fully saturated rings. The molecule has 1 aliphatic rings. The second-order valence-corrected chi connectivity index (χ2v) is 8.22. The van der Waals surface area contributed by atoms with Crippen LogP contribution in [-0.2, 0) is 5.54 Å². The van der Waals surface area contributed by atoms with Gasteiger partial charge in [-0.05, 0) is 60.8 Å². The van der Waals surface area contributed by atoms with Crippen molar-refractivity contribution in [2.24, 2.45) is 11.1 Å². The quantitative estimate of drug-likeness (QED) is 0.692. The van der Waals surface area contributed by atoms with Crippen molar-refractivity contribution < 1.29 is 0 Å². The molecule has 2 unspecified atom stereocenters. The molecule has 4 rings (SSSR count). The van der Waals surface area contributed by atoms with Crippen LogP contribution in [0.25, 0.3) is 11.0 Å². The Labute approximate surface area is 149 Å². The first-order valence-electron chi connectivity index (χ1n) is 9.20. The smallest absolute Gasteiger partial charge is 0.137 e. The van der Waals surface area contributed by atoms with Gasteiger partial charge in [-0.2, -0.15) is 0 Å². The number of nitrogens with zero attached hydrogens (tertiary/aromatic N) is 1. The van der Waals surface area contributed by atoms with E-state index in [9.17, 15) is 0 Å². The zero-order valence-corrected chi connectivity index (χ0v) is 15.3. The fraction of sp³-hybridized carbons (Fsp3) is 0.409. The summed E-state index contributed by atoms with van der Waals surface area (Å²) in [5, 5.41) is 1.24. The lowest BCUT2D eigenvalue weighted by atomic mass is 9.57. The molecule has 2 heterocycles. The largest absolute Gasteiger partial charge is 0.343 e. The van der Waals surface area contributed by atoms with Crippen LogP contribution in [0.4, 0.5) is 0 Å². The van der Waals surface area contributed by atoms with Crippen LogP contribution in [0.1, 0.15) is 55.8 Å². The number of nitrogens with one attached hydrogen (secondary N) is 1. The number of benzene rings is 1. The molecule has 1 aliphatic carbocycles. The molecule has 0 amide bonds. The fourth-order valence-electron chi connectivity index (χ4n) is 4.74. The lowest BCUT2D eigenvalue weighted by Crippen LogP contribution is -2.53. The minimum atomic E-state index is -0.275. The second-order valence-electron chi connectivity index (χ2n) is 8.22. The van der Waals surface area contributed by atoms with Crippen molar-refractivity contribution in [2.45, 2.75) is 51.5 Å². The van der Waals surface area contributed by atoms with E-state index >= 15 is 0 Å². The summed E-state index contributed by atoms with van der Waals surface area (Å²) in [7, 11) is 0. The van der Waals surface area contributed by atoms with Crippen molar-refractivity contribution >= 4 is 11.0 Å². The minimum absolute atomic E-state index is 0.0223. The Morgan fingerprint density at radius 3 is 2.56 bits per heavy atom. The number of aryl methyl sites for hydroxylation is 1. The molecule has 1 aromatic carbocycles. The van der Waals surface area contributed by atoms with Crippen LogP contribution in [-0.4, -0.2) is 9.97 Å². The standard InChI is InChI=1S/C22H27N3/c1-15-18-10-7-13-24-20(18)25-19(15)16-11-12-22(23,21(2,3)14-16)17-8-5-4-6-9-17/h4-10,13,16H,11-12,14,23H2,1-3H3,(H,24,25). The third kappa shape index (κ3) is 2.49. The normalized spacial score (nSPS) is 26.0. The highest BCUT2D eigenvalue weighted by atomic mass is 14.9. The van der Waals surface area contributed by atoms with E-state index in [-0.39, 0.29) is 11.0 Å². The molecule has 3 heteroatoms. The molecule has 3 N–H and O–H groups in total. The Kier molecular flexibility index (Phi) is 3.73. The first-order chi connectivity index (χ1) is 11.9. The number of aromatic nitrogens is 2. The first kappa shape index (κ1) is 16.3. The summed E-state index contributed by atoms with van der Waals surface area (Å²) < 4.78 is 0. The van der Waals surface area contributed by atoms with E-state index in [4.69, 9.17) is 5.73 Å². The molecule has 3 nitrogen and oxygen atoms in total. The van der Waals surface area contributed by atoms with Gasteiger partial charge in [0.15, 0.2) is 0 Å². The van der Waals surface area contributed by atoms with Gasteiger partial charge in [0.25, 0.3) is 0 Å². The molecule has 0 radical (unpaired) electrons. The predicted molar refractivity (Wildman–Crippen MR) is 104 cm³/mol. The average molecular weight is 333 g/mol. The van der Waals surface area contributed by atoms with Gasteiger partial charge in [-0.15, -0.1) is 0 Å². The van der Waals surface area contributed by atoms with Gasteiger partial charge < -0.3 is 10.7 Å². The van der Waals surface area contributed by atoms with Crippen molar-refractivity contribution in [2.75, 3.05) is 0 Å². The third-order valence-corrected chi connectivity index (χ3v) is 6.42. The third-order valence-electron chi connectivity index (χ3n) is 6.42. The minimum Gasteiger partial charge on any atom is -0.343 e. The van der Waals surface area contributed by atoms with E-state index in [0.29, 0.717) is 5.92 Å². The van der Waals surface area contributed by atoms with E-state index in [1.807, 2.05) is 12.3 Å². The van der Waals surface area contributed by atoms with Gasteiger partial charge >= 0.3 is 0 Å². The van der Waals surface area contributed by atoms with Crippen molar-refractivity contribution in [3.63, 3.8) is 0 Å². The van der Waals surface area contributed by atoms with Crippen LogP contribution in [0, 0.1) is 12.3 Å². The number of nitrogens with two attached hydrogens (primary N) is 1. The van der Waals surface area contributed by atoms with E-state index in [1.54, 1.807) is 0 Å². The molecular formula is C22H27N3. The summed E-state index contributed by atoms with van der Waals surface area (Å²) >= 11 is 0. The van der Waals surface area contributed by atoms with Crippen molar-refractivity contribution in [3.05, 3.63) is 65.5 Å². The maximum atomic E-state index is 6.99. The molecule has 0 spiro atoms. The zero-order valence-electron chi connectivity index (χ0n) is 15.3. The van der Waals surface area contributed by atoms with Gasteiger partial charge in [0, 0.05) is 22.8 Å². The van der Waals surface area contributed by atoms with Gasteiger partial charge in [-0.3, -0.25) is 0 Å². The maximum Gasteiger partial charge on any atom is 0.137 e. The molecule has 2 atom stereocenters. The summed E-state index contributed by atoms with van der Waals surface area (Å²) in [5.74, 6) is 0.504. The molecular weight excluding hydrogens is 306 g/mol. The summed E-state index contributed by atoms with van der Waals surface area (Å²) in [6.07, 6.45) is 5.03. The van der Waals surface area contributed by atoms with Gasteiger partial charge in [0.1, 0.15) is 5.65 Å². The molecule has 0 aliphatic heterocycles. The Bertz CT molecular complexity index is 894. The molecule has 1 saturated carbocycles. The highest BCUT2D eigenvalue weighted by Crippen LogP contribution is 2.53. The summed E-state index contributed by atoms with van der Waals surface area (Å²) in [4.78, 5) is 8.08. The Morgan fingerprint density at radius 1 is 1.12 bits per heavy atom. The van der Waals surface area contributed by atoms with Crippen LogP contribution in [0.2, 0.25) is 0 Å². The van der Waals surface area contributed by atoms with Gasteiger partial charge in [-0.1, -0.05) is 44.2 Å². The number of hydrogen-bond donors (Lipinski definition) is 2. The van der Waals surface area contributed by atoms with E-state index in [0.717, 1.165) is 24.9 Å². The number of hydrogen-bond acceptors (Lipinski definition) is 2. The maximum absolute atomic E-state index is 6.99. The topological polar surface area (TPSA) is 54.7 Å². The van der Waals surface area contributed by atoms with Gasteiger partial charge in [0.05, 0.1) is 0 Å². The first-order valence-corrected chi connectivity index (χ1v) is 9.20. The van der Waals surface area contributed by atoms with Crippen molar-refractivity contribution in [1.82, 2.24) is 9.97 Å². The fourth-order valence-corrected chi connectivity index (χ4v) is 4.74. The lowest BCUT2D eigenvalue weighted by Gasteiger charge is -2.50. The SMILES string of the molecule is Cc1c(C2CCC(N)(c3ccccc3)C(C)(C)C2)[nH]c2ncccc12. The van der Waals surface area contributed by atoms with Crippen molar-refractivity contribution in [3.8, 4) is 0 Å². The second kappa shape index (κ2) is 5.70. The highest BCUT2D eigenvalue weighted by molar-refractivity contribution is 5.81. The lowest BCUT2D eigenvalue weighted by molar-refractivity contribution is 0.0826. The van der Waals surface area contributed by atoms with Crippen LogP contribution in [0.15, 0.2) is 48.7 Å². The monoisotopic (exact) mass is 333 g/mol. The average Bonchev–Trinajstić information content (AvgIpc) is 2.95. The Balaban J connectivity index is 1.69. The zero-order chi connectivity index (χ0) is 17.7. The molecule has 25 heavy (non-hydrogen) atoms. The predicted octanol–water partition coefficient (Wildman–Crippen LogP) is 5.02. The van der Waals surface area contributed by atoms with E-state index in [1.165, 1.54) is 22.2 Å². The highest BCUT2D eigenvalue weighted by Gasteiger charge is 2.48. The molecule has 0 saturated heterocycles. The number of H-pyrrole nitrogens is 1. The summed E-state index contributed by atoms with van der Waals surface area (Å²) in [6.45, 7) is 6.86. The molecule has 130 valence electrons. The number of rotatable bonds is 2. The molecule has 0 bridgehead atoms. The van der Waals surface area contributed by atoms with Gasteiger partial charge in [-0.25, -0.2) is 4.98 Å². The van der Waals surface area contributed by atoms with Crippen LogP contribution >= 0.6 is 0 Å². The van der Waals surface area contributed by atoms with Crippen LogP contribution in [0.3, 0.4) is 0 Å². The number of fused-ring (bicyclic) bond motifs is 1. The van der Waals surface area contributed by atoms with Gasteiger partial charge in [0.2, 0.25) is 0 Å². The number of pyridine rings is 1. The number of aromatic amines is 1. The van der Waals surface area contributed by atoms with E-state index in [2.05, 4.69) is 67.1 Å². The Morgan fingerprint density at radius 2 is 1.88 bits per heavy atom. The summed E-state index contributed by atoms with van der Waals surface area (Å²) in [6, 6.07) is 14.8.